The maximum atomic E-state index is 13.3. The van der Waals surface area contributed by atoms with Crippen LogP contribution >= 0.6 is 0 Å². The quantitative estimate of drug-likeness (QED) is 0.594. The molecule has 0 spiro atoms. The van der Waals surface area contributed by atoms with E-state index < -0.39 is 0 Å². The van der Waals surface area contributed by atoms with E-state index in [-0.39, 0.29) is 11.8 Å². The molecule has 8 heteroatoms. The van der Waals surface area contributed by atoms with Crippen LogP contribution in [0.4, 0.5) is 5.82 Å². The summed E-state index contributed by atoms with van der Waals surface area (Å²) in [6.07, 6.45) is 6.99. The van der Waals surface area contributed by atoms with E-state index in [0.717, 1.165) is 49.7 Å². The van der Waals surface area contributed by atoms with Gasteiger partial charge < -0.3 is 19.3 Å². The number of carbonyl (C=O) groups excluding carboxylic acids is 1. The van der Waals surface area contributed by atoms with Crippen molar-refractivity contribution in [1.29, 1.82) is 0 Å². The molecule has 1 amide bonds. The number of rotatable bonds is 5. The Hall–Kier alpha value is -3.52. The van der Waals surface area contributed by atoms with Crippen LogP contribution in [-0.4, -0.2) is 65.2 Å². The third-order valence-electron chi connectivity index (χ3n) is 6.05. The molecular formula is C25H27N5O3. The van der Waals surface area contributed by atoms with E-state index in [4.69, 9.17) is 9.47 Å². The zero-order valence-electron chi connectivity index (χ0n) is 18.5. The Bertz CT molecular complexity index is 1090. The molecule has 33 heavy (non-hydrogen) atoms. The summed E-state index contributed by atoms with van der Waals surface area (Å²) in [5.74, 6) is 2.16. The van der Waals surface area contributed by atoms with Crippen molar-refractivity contribution in [3.05, 3.63) is 72.3 Å². The van der Waals surface area contributed by atoms with Gasteiger partial charge in [0, 0.05) is 50.1 Å². The highest BCUT2D eigenvalue weighted by Crippen LogP contribution is 2.28. The summed E-state index contributed by atoms with van der Waals surface area (Å²) in [5, 5.41) is 0. The fourth-order valence-electron chi connectivity index (χ4n) is 4.32. The zero-order chi connectivity index (χ0) is 22.5. The van der Waals surface area contributed by atoms with E-state index in [9.17, 15) is 4.79 Å². The summed E-state index contributed by atoms with van der Waals surface area (Å²) in [4.78, 5) is 30.9. The summed E-state index contributed by atoms with van der Waals surface area (Å²) >= 11 is 0. The van der Waals surface area contributed by atoms with Crippen LogP contribution in [0.2, 0.25) is 0 Å². The molecule has 3 aromatic rings. The zero-order valence-corrected chi connectivity index (χ0v) is 18.5. The van der Waals surface area contributed by atoms with Crippen LogP contribution in [0.1, 0.15) is 34.8 Å². The van der Waals surface area contributed by atoms with Gasteiger partial charge in [0.1, 0.15) is 11.6 Å². The number of morpholine rings is 1. The SMILES string of the molecule is O=C(c1ccnc(N2CCOCC2)c1)N1CCC[C@H](c2cncc(Oc3ccccc3)n2)C1. The van der Waals surface area contributed by atoms with E-state index in [2.05, 4.69) is 19.9 Å². The lowest BCUT2D eigenvalue weighted by Gasteiger charge is -2.33. The molecule has 5 rings (SSSR count). The molecule has 0 unspecified atom stereocenters. The smallest absolute Gasteiger partial charge is 0.254 e. The van der Waals surface area contributed by atoms with E-state index in [1.807, 2.05) is 41.3 Å². The van der Waals surface area contributed by atoms with Gasteiger partial charge in [-0.25, -0.2) is 9.97 Å². The van der Waals surface area contributed by atoms with Gasteiger partial charge >= 0.3 is 0 Å². The Labute approximate surface area is 193 Å². The van der Waals surface area contributed by atoms with Crippen molar-refractivity contribution >= 4 is 11.7 Å². The number of benzene rings is 1. The maximum Gasteiger partial charge on any atom is 0.254 e. The van der Waals surface area contributed by atoms with Crippen molar-refractivity contribution in [1.82, 2.24) is 19.9 Å². The molecule has 170 valence electrons. The maximum absolute atomic E-state index is 13.3. The predicted octanol–water partition coefficient (Wildman–Crippen LogP) is 3.52. The number of pyridine rings is 1. The molecule has 0 bridgehead atoms. The summed E-state index contributed by atoms with van der Waals surface area (Å²) in [6, 6.07) is 13.2. The van der Waals surface area contributed by atoms with Crippen molar-refractivity contribution in [3.8, 4) is 11.6 Å². The van der Waals surface area contributed by atoms with Crippen molar-refractivity contribution < 1.29 is 14.3 Å². The van der Waals surface area contributed by atoms with Gasteiger partial charge in [-0.05, 0) is 37.1 Å². The highest BCUT2D eigenvalue weighted by molar-refractivity contribution is 5.95. The van der Waals surface area contributed by atoms with Crippen molar-refractivity contribution in [2.75, 3.05) is 44.3 Å². The van der Waals surface area contributed by atoms with Crippen molar-refractivity contribution in [2.24, 2.45) is 0 Å². The molecule has 0 N–H and O–H groups in total. The second-order valence-corrected chi connectivity index (χ2v) is 8.29. The largest absolute Gasteiger partial charge is 0.437 e. The molecule has 4 heterocycles. The average molecular weight is 446 g/mol. The Morgan fingerprint density at radius 3 is 2.76 bits per heavy atom. The predicted molar refractivity (Wildman–Crippen MR) is 124 cm³/mol. The van der Waals surface area contributed by atoms with Crippen molar-refractivity contribution in [2.45, 2.75) is 18.8 Å². The summed E-state index contributed by atoms with van der Waals surface area (Å²) < 4.78 is 11.3. The molecule has 2 aliphatic rings. The van der Waals surface area contributed by atoms with Gasteiger partial charge in [-0.3, -0.25) is 9.78 Å². The van der Waals surface area contributed by atoms with Crippen LogP contribution in [0.5, 0.6) is 11.6 Å². The number of ether oxygens (including phenoxy) is 2. The van der Waals surface area contributed by atoms with E-state index in [1.54, 1.807) is 24.7 Å². The van der Waals surface area contributed by atoms with Gasteiger partial charge in [0.2, 0.25) is 5.88 Å². The van der Waals surface area contributed by atoms with E-state index in [1.165, 1.54) is 0 Å². The number of amides is 1. The molecule has 0 aliphatic carbocycles. The molecule has 2 fully saturated rings. The van der Waals surface area contributed by atoms with Gasteiger partial charge in [-0.15, -0.1) is 0 Å². The second-order valence-electron chi connectivity index (χ2n) is 8.29. The Morgan fingerprint density at radius 2 is 1.91 bits per heavy atom. The first-order chi connectivity index (χ1) is 16.3. The van der Waals surface area contributed by atoms with Crippen LogP contribution in [0.3, 0.4) is 0 Å². The first-order valence-corrected chi connectivity index (χ1v) is 11.4. The molecule has 1 aromatic carbocycles. The Morgan fingerprint density at radius 1 is 1.06 bits per heavy atom. The summed E-state index contributed by atoms with van der Waals surface area (Å²) in [6.45, 7) is 4.28. The number of para-hydroxylation sites is 1. The van der Waals surface area contributed by atoms with Gasteiger partial charge in [0.25, 0.3) is 5.91 Å². The third kappa shape index (κ3) is 5.12. The number of hydrogen-bond donors (Lipinski definition) is 0. The summed E-state index contributed by atoms with van der Waals surface area (Å²) in [5.41, 5.74) is 1.52. The van der Waals surface area contributed by atoms with Crippen molar-refractivity contribution in [3.63, 3.8) is 0 Å². The number of hydrogen-bond acceptors (Lipinski definition) is 7. The average Bonchev–Trinajstić information content (AvgIpc) is 2.90. The highest BCUT2D eigenvalue weighted by atomic mass is 16.5. The lowest BCUT2D eigenvalue weighted by molar-refractivity contribution is 0.0705. The van der Waals surface area contributed by atoms with Crippen LogP contribution in [0.25, 0.3) is 0 Å². The Kier molecular flexibility index (Phi) is 6.44. The first kappa shape index (κ1) is 21.3. The number of carbonyl (C=O) groups is 1. The van der Waals surface area contributed by atoms with E-state index >= 15 is 0 Å². The summed E-state index contributed by atoms with van der Waals surface area (Å²) in [7, 11) is 0. The second kappa shape index (κ2) is 9.95. The number of aromatic nitrogens is 3. The van der Waals surface area contributed by atoms with Gasteiger partial charge in [-0.2, -0.15) is 0 Å². The molecule has 1 atom stereocenters. The van der Waals surface area contributed by atoms with Gasteiger partial charge in [-0.1, -0.05) is 18.2 Å². The van der Waals surface area contributed by atoms with Crippen LogP contribution in [0, 0.1) is 0 Å². The van der Waals surface area contributed by atoms with Crippen LogP contribution in [-0.2, 0) is 4.74 Å². The third-order valence-corrected chi connectivity index (χ3v) is 6.05. The molecule has 0 radical (unpaired) electrons. The number of nitrogens with zero attached hydrogens (tertiary/aromatic N) is 5. The minimum absolute atomic E-state index is 0.0289. The molecule has 8 nitrogen and oxygen atoms in total. The lowest BCUT2D eigenvalue weighted by Crippen LogP contribution is -2.40. The molecular weight excluding hydrogens is 418 g/mol. The fourth-order valence-corrected chi connectivity index (χ4v) is 4.32. The van der Waals surface area contributed by atoms with Crippen LogP contribution in [0.15, 0.2) is 61.1 Å². The van der Waals surface area contributed by atoms with Crippen LogP contribution < -0.4 is 9.64 Å². The lowest BCUT2D eigenvalue weighted by atomic mass is 9.94. The number of anilines is 1. The van der Waals surface area contributed by atoms with Gasteiger partial charge in [0.15, 0.2) is 0 Å². The molecule has 0 saturated carbocycles. The minimum Gasteiger partial charge on any atom is -0.437 e. The Balaban J connectivity index is 1.28. The standard InChI is InChI=1S/C25H27N5O3/c31-25(19-8-9-27-23(15-19)29-11-13-32-14-12-29)30-10-4-5-20(18-30)22-16-26-17-24(28-22)33-21-6-2-1-3-7-21/h1-3,6-9,15-17,20H,4-5,10-14,18H2/t20-/m0/s1. The monoisotopic (exact) mass is 445 g/mol. The molecule has 2 aliphatic heterocycles. The normalized spacial score (nSPS) is 18.7. The minimum atomic E-state index is 0.0289. The first-order valence-electron chi connectivity index (χ1n) is 11.4. The van der Waals surface area contributed by atoms with E-state index in [0.29, 0.717) is 31.2 Å². The highest BCUT2D eigenvalue weighted by Gasteiger charge is 2.27. The molecule has 2 aromatic heterocycles. The topological polar surface area (TPSA) is 80.7 Å². The number of piperidine rings is 1. The fraction of sp³-hybridized carbons (Fsp3) is 0.360. The molecule has 2 saturated heterocycles. The van der Waals surface area contributed by atoms with Gasteiger partial charge in [0.05, 0.1) is 25.1 Å². The number of likely N-dealkylation sites (tertiary alicyclic amines) is 1.